The molecule has 3 N–H and O–H groups in total. The van der Waals surface area contributed by atoms with Gasteiger partial charge in [-0.05, 0) is 23.8 Å². The van der Waals surface area contributed by atoms with E-state index < -0.39 is 0 Å². The molecular weight excluding hydrogens is 250 g/mol. The van der Waals surface area contributed by atoms with Crippen LogP contribution in [0.3, 0.4) is 0 Å². The summed E-state index contributed by atoms with van der Waals surface area (Å²) in [5.74, 6) is 6.00. The van der Waals surface area contributed by atoms with Gasteiger partial charge in [0.05, 0.1) is 13.2 Å². The van der Waals surface area contributed by atoms with E-state index in [9.17, 15) is 0 Å². The highest BCUT2D eigenvalue weighted by Gasteiger charge is 2.01. The fraction of sp³-hybridized carbons (Fsp3) is 0.154. The molecule has 0 bridgehead atoms. The first-order valence-electron chi connectivity index (χ1n) is 5.52. The highest BCUT2D eigenvalue weighted by molar-refractivity contribution is 6.30. The van der Waals surface area contributed by atoms with Gasteiger partial charge in [-0.15, -0.1) is 0 Å². The molecule has 18 heavy (non-hydrogen) atoms. The van der Waals surface area contributed by atoms with Gasteiger partial charge in [0.15, 0.2) is 0 Å². The summed E-state index contributed by atoms with van der Waals surface area (Å²) in [5, 5.41) is 0.723. The topological polar surface area (TPSA) is 60.2 Å². The van der Waals surface area contributed by atoms with Crippen LogP contribution in [0.1, 0.15) is 11.1 Å². The zero-order valence-corrected chi connectivity index (χ0v) is 10.5. The number of benzene rings is 1. The van der Waals surface area contributed by atoms with Gasteiger partial charge in [-0.1, -0.05) is 29.8 Å². The minimum atomic E-state index is 0.454. The predicted molar refractivity (Wildman–Crippen MR) is 72.0 cm³/mol. The van der Waals surface area contributed by atoms with Crippen LogP contribution >= 0.6 is 11.6 Å². The minimum Gasteiger partial charge on any atom is -0.372 e. The van der Waals surface area contributed by atoms with Gasteiger partial charge in [-0.2, -0.15) is 0 Å². The van der Waals surface area contributed by atoms with Gasteiger partial charge in [0, 0.05) is 16.8 Å². The molecule has 0 saturated heterocycles. The highest BCUT2D eigenvalue weighted by atomic mass is 35.5. The highest BCUT2D eigenvalue weighted by Crippen LogP contribution is 2.14. The Kier molecular flexibility index (Phi) is 4.52. The molecule has 1 aromatic heterocycles. The van der Waals surface area contributed by atoms with Gasteiger partial charge in [-0.3, -0.25) is 0 Å². The van der Waals surface area contributed by atoms with Gasteiger partial charge in [0.1, 0.15) is 5.82 Å². The number of aromatic nitrogens is 1. The molecule has 1 heterocycles. The predicted octanol–water partition coefficient (Wildman–Crippen LogP) is 2.74. The quantitative estimate of drug-likeness (QED) is 0.643. The summed E-state index contributed by atoms with van der Waals surface area (Å²) in [7, 11) is 0. The third-order valence-electron chi connectivity index (χ3n) is 2.47. The van der Waals surface area contributed by atoms with Crippen molar-refractivity contribution >= 4 is 17.4 Å². The largest absolute Gasteiger partial charge is 0.372 e. The zero-order valence-electron chi connectivity index (χ0n) is 9.77. The fourth-order valence-electron chi connectivity index (χ4n) is 1.54. The van der Waals surface area contributed by atoms with Crippen LogP contribution in [0.15, 0.2) is 42.6 Å². The lowest BCUT2D eigenvalue weighted by Crippen LogP contribution is -2.11. The van der Waals surface area contributed by atoms with Crippen molar-refractivity contribution < 1.29 is 4.74 Å². The van der Waals surface area contributed by atoms with Crippen LogP contribution in [0.25, 0.3) is 0 Å². The lowest BCUT2D eigenvalue weighted by molar-refractivity contribution is 0.107. The lowest BCUT2D eigenvalue weighted by atomic mass is 10.2. The first kappa shape index (κ1) is 12.8. The van der Waals surface area contributed by atoms with Gasteiger partial charge in [0.2, 0.25) is 0 Å². The van der Waals surface area contributed by atoms with Crippen LogP contribution < -0.4 is 11.3 Å². The van der Waals surface area contributed by atoms with Crippen molar-refractivity contribution in [2.45, 2.75) is 13.2 Å². The SMILES string of the molecule is NNc1ncccc1COCc1ccc(Cl)cc1. The zero-order chi connectivity index (χ0) is 12.8. The standard InChI is InChI=1S/C13H14ClN3O/c14-12-5-3-10(4-6-12)8-18-9-11-2-1-7-16-13(11)17-15/h1-7H,8-9,15H2,(H,16,17). The number of ether oxygens (including phenoxy) is 1. The van der Waals surface area contributed by atoms with Crippen LogP contribution in [0.2, 0.25) is 5.02 Å². The summed E-state index contributed by atoms with van der Waals surface area (Å²) < 4.78 is 5.61. The number of nitrogen functional groups attached to an aromatic ring is 1. The Morgan fingerprint density at radius 3 is 2.67 bits per heavy atom. The molecule has 0 atom stereocenters. The van der Waals surface area contributed by atoms with Gasteiger partial charge in [-0.25, -0.2) is 10.8 Å². The number of hydrogen-bond donors (Lipinski definition) is 2. The maximum Gasteiger partial charge on any atom is 0.145 e. The Hall–Kier alpha value is -1.62. The number of anilines is 1. The van der Waals surface area contributed by atoms with Crippen molar-refractivity contribution in [1.29, 1.82) is 0 Å². The summed E-state index contributed by atoms with van der Waals surface area (Å²) >= 11 is 5.81. The van der Waals surface area contributed by atoms with E-state index in [1.165, 1.54) is 0 Å². The average Bonchev–Trinajstić information content (AvgIpc) is 2.41. The number of rotatable bonds is 5. The van der Waals surface area contributed by atoms with E-state index in [0.717, 1.165) is 16.1 Å². The molecule has 0 aliphatic rings. The van der Waals surface area contributed by atoms with Crippen LogP contribution in [-0.4, -0.2) is 4.98 Å². The molecular formula is C13H14ClN3O. The molecule has 0 fully saturated rings. The normalized spacial score (nSPS) is 10.3. The molecule has 0 unspecified atom stereocenters. The monoisotopic (exact) mass is 263 g/mol. The van der Waals surface area contributed by atoms with Crippen LogP contribution in [-0.2, 0) is 18.0 Å². The maximum atomic E-state index is 5.81. The van der Waals surface area contributed by atoms with Gasteiger partial charge < -0.3 is 10.2 Å². The fourth-order valence-corrected chi connectivity index (χ4v) is 1.67. The summed E-state index contributed by atoms with van der Waals surface area (Å²) in [6.07, 6.45) is 1.68. The molecule has 0 amide bonds. The third kappa shape index (κ3) is 3.43. The van der Waals surface area contributed by atoms with Crippen LogP contribution in [0.5, 0.6) is 0 Å². The number of hydrazine groups is 1. The minimum absolute atomic E-state index is 0.454. The number of nitrogens with one attached hydrogen (secondary N) is 1. The van der Waals surface area contributed by atoms with E-state index in [1.807, 2.05) is 36.4 Å². The summed E-state index contributed by atoms with van der Waals surface area (Å²) in [6.45, 7) is 0.978. The Bertz CT molecular complexity index is 502. The molecule has 2 aromatic rings. The van der Waals surface area contributed by atoms with Crippen molar-refractivity contribution in [3.8, 4) is 0 Å². The molecule has 94 valence electrons. The smallest absolute Gasteiger partial charge is 0.145 e. The third-order valence-corrected chi connectivity index (χ3v) is 2.72. The summed E-state index contributed by atoms with van der Waals surface area (Å²) in [6, 6.07) is 11.3. The van der Waals surface area contributed by atoms with Crippen LogP contribution in [0.4, 0.5) is 5.82 Å². The lowest BCUT2D eigenvalue weighted by Gasteiger charge is -2.08. The molecule has 1 aromatic carbocycles. The molecule has 0 radical (unpaired) electrons. The first-order chi connectivity index (χ1) is 8.79. The second kappa shape index (κ2) is 6.35. The van der Waals surface area contributed by atoms with E-state index in [2.05, 4.69) is 10.4 Å². The molecule has 0 aliphatic heterocycles. The van der Waals surface area contributed by atoms with Crippen molar-refractivity contribution in [2.75, 3.05) is 5.43 Å². The van der Waals surface area contributed by atoms with E-state index in [4.69, 9.17) is 22.2 Å². The number of hydrogen-bond acceptors (Lipinski definition) is 4. The van der Waals surface area contributed by atoms with Crippen molar-refractivity contribution in [2.24, 2.45) is 5.84 Å². The number of nitrogens with two attached hydrogens (primary N) is 1. The number of pyridine rings is 1. The maximum absolute atomic E-state index is 5.81. The molecule has 2 rings (SSSR count). The number of halogens is 1. The number of nitrogens with zero attached hydrogens (tertiary/aromatic N) is 1. The van der Waals surface area contributed by atoms with E-state index >= 15 is 0 Å². The summed E-state index contributed by atoms with van der Waals surface area (Å²) in [4.78, 5) is 4.10. The second-order valence-electron chi connectivity index (χ2n) is 3.77. The van der Waals surface area contributed by atoms with Crippen LogP contribution in [0, 0.1) is 0 Å². The van der Waals surface area contributed by atoms with E-state index in [-0.39, 0.29) is 0 Å². The molecule has 0 aliphatic carbocycles. The Labute approximate surface area is 111 Å². The Morgan fingerprint density at radius 2 is 1.94 bits per heavy atom. The Balaban J connectivity index is 1.90. The van der Waals surface area contributed by atoms with Gasteiger partial charge in [0.25, 0.3) is 0 Å². The van der Waals surface area contributed by atoms with E-state index in [0.29, 0.717) is 19.0 Å². The average molecular weight is 264 g/mol. The Morgan fingerprint density at radius 1 is 1.17 bits per heavy atom. The van der Waals surface area contributed by atoms with E-state index in [1.54, 1.807) is 6.20 Å². The van der Waals surface area contributed by atoms with Gasteiger partial charge >= 0.3 is 0 Å². The second-order valence-corrected chi connectivity index (χ2v) is 4.21. The van der Waals surface area contributed by atoms with Crippen molar-refractivity contribution in [1.82, 2.24) is 4.98 Å². The first-order valence-corrected chi connectivity index (χ1v) is 5.90. The molecule has 4 nitrogen and oxygen atoms in total. The molecule has 5 heteroatoms. The molecule has 0 spiro atoms. The van der Waals surface area contributed by atoms with Crippen molar-refractivity contribution in [3.63, 3.8) is 0 Å². The van der Waals surface area contributed by atoms with Crippen molar-refractivity contribution in [3.05, 3.63) is 58.7 Å². The summed E-state index contributed by atoms with van der Waals surface area (Å²) in [5.41, 5.74) is 4.54. The molecule has 0 saturated carbocycles.